The molecular formula is C10H25F5. The summed E-state index contributed by atoms with van der Waals surface area (Å²) in [4.78, 5) is 0. The molecule has 0 bridgehead atoms. The summed E-state index contributed by atoms with van der Waals surface area (Å²) in [6, 6.07) is 0. The summed E-state index contributed by atoms with van der Waals surface area (Å²) >= 11 is 0. The predicted octanol–water partition coefficient (Wildman–Crippen LogP) is 5.57. The van der Waals surface area contributed by atoms with Crippen LogP contribution in [0.15, 0.2) is 0 Å². The Hall–Kier alpha value is -0.350. The molecule has 15 heavy (non-hydrogen) atoms. The van der Waals surface area contributed by atoms with Crippen LogP contribution >= 0.6 is 0 Å². The van der Waals surface area contributed by atoms with Crippen LogP contribution in [0.25, 0.3) is 0 Å². The van der Waals surface area contributed by atoms with Crippen molar-refractivity contribution < 1.29 is 22.0 Å². The van der Waals surface area contributed by atoms with Gasteiger partial charge in [0.15, 0.2) is 6.17 Å². The maximum absolute atomic E-state index is 11.1. The Morgan fingerprint density at radius 3 is 1.33 bits per heavy atom. The highest BCUT2D eigenvalue weighted by Gasteiger charge is 2.35. The van der Waals surface area contributed by atoms with Crippen LogP contribution in [0.4, 0.5) is 22.0 Å². The Labute approximate surface area is 90.9 Å². The molecule has 0 amide bonds. The molecule has 0 radical (unpaired) electrons. The van der Waals surface area contributed by atoms with Crippen molar-refractivity contribution in [3.63, 3.8) is 0 Å². The van der Waals surface area contributed by atoms with E-state index >= 15 is 0 Å². The summed E-state index contributed by atoms with van der Waals surface area (Å²) in [5.74, 6) is 0. The summed E-state index contributed by atoms with van der Waals surface area (Å²) in [6.07, 6.45) is -5.68. The molecule has 0 fully saturated rings. The molecule has 100 valence electrons. The molecule has 0 saturated heterocycles. The molecule has 1 atom stereocenters. The Kier molecular flexibility index (Phi) is 31.4. The lowest BCUT2D eigenvalue weighted by Crippen LogP contribution is -2.20. The van der Waals surface area contributed by atoms with Gasteiger partial charge in [0.2, 0.25) is 0 Å². The zero-order chi connectivity index (χ0) is 10.2. The molecular weight excluding hydrogens is 215 g/mol. The van der Waals surface area contributed by atoms with Crippen LogP contribution in [-0.2, 0) is 0 Å². The van der Waals surface area contributed by atoms with Gasteiger partial charge in [0, 0.05) is 0 Å². The van der Waals surface area contributed by atoms with Gasteiger partial charge < -0.3 is 0 Å². The van der Waals surface area contributed by atoms with E-state index in [1.165, 1.54) is 0 Å². The van der Waals surface area contributed by atoms with Crippen molar-refractivity contribution in [2.24, 2.45) is 0 Å². The van der Waals surface area contributed by atoms with Crippen molar-refractivity contribution in [2.75, 3.05) is 6.67 Å². The lowest BCUT2D eigenvalue weighted by atomic mass is 10.4. The second-order valence-corrected chi connectivity index (χ2v) is 2.20. The molecule has 0 rings (SSSR count). The topological polar surface area (TPSA) is 0 Å². The zero-order valence-corrected chi connectivity index (χ0v) is 7.09. The standard InChI is InChI=1S/C4H9F.C3H4F4.3CH4/c1-2-3-4-5;1-2(4)3(5,6)7;;;/h2-4H2,1H3;2H,1H3;3*1H4. The van der Waals surface area contributed by atoms with E-state index in [-0.39, 0.29) is 29.0 Å². The second-order valence-electron chi connectivity index (χ2n) is 2.20. The minimum atomic E-state index is -4.67. The van der Waals surface area contributed by atoms with E-state index in [1.807, 2.05) is 6.92 Å². The SMILES string of the molecule is C.C.C.CC(F)C(F)(F)F.CCCCF. The largest absolute Gasteiger partial charge is 0.419 e. The molecule has 0 aliphatic rings. The van der Waals surface area contributed by atoms with E-state index in [2.05, 4.69) is 0 Å². The quantitative estimate of drug-likeness (QED) is 0.553. The van der Waals surface area contributed by atoms with Gasteiger partial charge in [-0.05, 0) is 13.3 Å². The molecule has 0 nitrogen and oxygen atoms in total. The fraction of sp³-hybridized carbons (Fsp3) is 1.00. The van der Waals surface area contributed by atoms with Crippen LogP contribution in [0.5, 0.6) is 0 Å². The number of hydrogen-bond acceptors (Lipinski definition) is 0. The third-order valence-electron chi connectivity index (χ3n) is 0.938. The molecule has 0 saturated carbocycles. The summed E-state index contributed by atoms with van der Waals surface area (Å²) in [6.45, 7) is 2.27. The van der Waals surface area contributed by atoms with E-state index in [1.54, 1.807) is 0 Å². The van der Waals surface area contributed by atoms with Crippen molar-refractivity contribution in [3.8, 4) is 0 Å². The molecule has 0 aliphatic carbocycles. The normalized spacial score (nSPS) is 10.6. The summed E-state index contributed by atoms with van der Waals surface area (Å²) < 4.78 is 54.5. The zero-order valence-electron chi connectivity index (χ0n) is 7.09. The first kappa shape index (κ1) is 29.3. The highest BCUT2D eigenvalue weighted by atomic mass is 19.4. The van der Waals surface area contributed by atoms with Crippen molar-refractivity contribution >= 4 is 0 Å². The van der Waals surface area contributed by atoms with Crippen molar-refractivity contribution in [1.82, 2.24) is 0 Å². The molecule has 0 aromatic rings. The van der Waals surface area contributed by atoms with Crippen LogP contribution in [-0.4, -0.2) is 19.0 Å². The van der Waals surface area contributed by atoms with E-state index < -0.39 is 12.3 Å². The van der Waals surface area contributed by atoms with Crippen molar-refractivity contribution in [1.29, 1.82) is 0 Å². The van der Waals surface area contributed by atoms with Crippen molar-refractivity contribution in [3.05, 3.63) is 0 Å². The fourth-order valence-corrected chi connectivity index (χ4v) is 0.134. The minimum absolute atomic E-state index is 0. The Morgan fingerprint density at radius 1 is 1.07 bits per heavy atom. The number of rotatable bonds is 2. The van der Waals surface area contributed by atoms with E-state index in [0.29, 0.717) is 6.92 Å². The van der Waals surface area contributed by atoms with Gasteiger partial charge in [-0.15, -0.1) is 0 Å². The minimum Gasteiger partial charge on any atom is -0.251 e. The third kappa shape index (κ3) is 31.7. The molecule has 0 aliphatic heterocycles. The first-order chi connectivity index (χ1) is 5.36. The lowest BCUT2D eigenvalue weighted by Gasteiger charge is -2.04. The summed E-state index contributed by atoms with van der Waals surface area (Å²) in [5, 5.41) is 0. The molecule has 0 aromatic carbocycles. The second kappa shape index (κ2) is 16.1. The third-order valence-corrected chi connectivity index (χ3v) is 0.938. The number of halogens is 5. The van der Waals surface area contributed by atoms with Crippen LogP contribution in [0.1, 0.15) is 49.0 Å². The van der Waals surface area contributed by atoms with E-state index in [9.17, 15) is 22.0 Å². The van der Waals surface area contributed by atoms with Gasteiger partial charge in [-0.1, -0.05) is 35.6 Å². The first-order valence-corrected chi connectivity index (χ1v) is 3.63. The van der Waals surface area contributed by atoms with Crippen molar-refractivity contribution in [2.45, 2.75) is 61.3 Å². The van der Waals surface area contributed by atoms with Crippen LogP contribution in [0, 0.1) is 0 Å². The van der Waals surface area contributed by atoms with Crippen LogP contribution in [0.3, 0.4) is 0 Å². The maximum Gasteiger partial charge on any atom is 0.419 e. The lowest BCUT2D eigenvalue weighted by molar-refractivity contribution is -0.174. The summed E-state index contributed by atoms with van der Waals surface area (Å²) in [7, 11) is 0. The van der Waals surface area contributed by atoms with Gasteiger partial charge in [0.25, 0.3) is 0 Å². The summed E-state index contributed by atoms with van der Waals surface area (Å²) in [5.41, 5.74) is 0. The van der Waals surface area contributed by atoms with Gasteiger partial charge in [-0.25, -0.2) is 4.39 Å². The van der Waals surface area contributed by atoms with E-state index in [4.69, 9.17) is 0 Å². The van der Waals surface area contributed by atoms with Gasteiger partial charge in [0.1, 0.15) is 0 Å². The van der Waals surface area contributed by atoms with Crippen LogP contribution in [0.2, 0.25) is 0 Å². The number of hydrogen-bond donors (Lipinski definition) is 0. The molecule has 1 unspecified atom stereocenters. The van der Waals surface area contributed by atoms with Crippen LogP contribution < -0.4 is 0 Å². The highest BCUT2D eigenvalue weighted by Crippen LogP contribution is 2.21. The fourth-order valence-electron chi connectivity index (χ4n) is 0.134. The predicted molar refractivity (Wildman–Crippen MR) is 57.7 cm³/mol. The molecule has 0 heterocycles. The molecule has 0 N–H and O–H groups in total. The van der Waals surface area contributed by atoms with E-state index in [0.717, 1.165) is 12.8 Å². The first-order valence-electron chi connectivity index (χ1n) is 3.63. The monoisotopic (exact) mass is 240 g/mol. The van der Waals surface area contributed by atoms with Gasteiger partial charge >= 0.3 is 6.18 Å². The Bertz CT molecular complexity index is 86.3. The van der Waals surface area contributed by atoms with Gasteiger partial charge in [0.05, 0.1) is 6.67 Å². The molecule has 0 aromatic heterocycles. The molecule has 0 spiro atoms. The molecule has 5 heteroatoms. The van der Waals surface area contributed by atoms with Gasteiger partial charge in [-0.2, -0.15) is 13.2 Å². The number of unbranched alkanes of at least 4 members (excludes halogenated alkanes) is 1. The highest BCUT2D eigenvalue weighted by molar-refractivity contribution is 4.56. The average molecular weight is 240 g/mol. The number of alkyl halides is 5. The Balaban J connectivity index is -0.0000000383. The Morgan fingerprint density at radius 2 is 1.33 bits per heavy atom. The van der Waals surface area contributed by atoms with Gasteiger partial charge in [-0.3, -0.25) is 4.39 Å². The smallest absolute Gasteiger partial charge is 0.251 e. The average Bonchev–Trinajstić information content (AvgIpc) is 1.88. The maximum atomic E-state index is 11.1.